The standard InChI is InChI=1S/C14H21NO/c1-10-5-6-11(2)12(9-10)15-8-7-13(16)14(15,3)4/h5-6,9,13,16H,7-8H2,1-4H3. The summed E-state index contributed by atoms with van der Waals surface area (Å²) in [4.78, 5) is 2.33. The predicted octanol–water partition coefficient (Wildman–Crippen LogP) is 2.65. The molecule has 1 fully saturated rings. The first kappa shape index (κ1) is 11.5. The molecule has 0 amide bonds. The molecule has 1 atom stereocenters. The highest BCUT2D eigenvalue weighted by atomic mass is 16.3. The molecule has 16 heavy (non-hydrogen) atoms. The molecule has 1 N–H and O–H groups in total. The molecule has 1 aliphatic rings. The van der Waals surface area contributed by atoms with Gasteiger partial charge in [0.15, 0.2) is 0 Å². The average molecular weight is 219 g/mol. The van der Waals surface area contributed by atoms with Crippen LogP contribution in [0.1, 0.15) is 31.4 Å². The topological polar surface area (TPSA) is 23.5 Å². The summed E-state index contributed by atoms with van der Waals surface area (Å²) in [5, 5.41) is 10.0. The van der Waals surface area contributed by atoms with Crippen LogP contribution in [0.4, 0.5) is 5.69 Å². The lowest BCUT2D eigenvalue weighted by Gasteiger charge is -2.36. The number of rotatable bonds is 1. The Hall–Kier alpha value is -1.02. The maximum atomic E-state index is 10.0. The molecule has 1 unspecified atom stereocenters. The van der Waals surface area contributed by atoms with Gasteiger partial charge in [-0.05, 0) is 51.3 Å². The third-order valence-corrected chi connectivity index (χ3v) is 3.79. The molecule has 1 aromatic rings. The van der Waals surface area contributed by atoms with Crippen molar-refractivity contribution in [3.05, 3.63) is 29.3 Å². The minimum atomic E-state index is -0.229. The molecule has 2 nitrogen and oxygen atoms in total. The molecule has 1 aromatic carbocycles. The highest BCUT2D eigenvalue weighted by Gasteiger charge is 2.40. The van der Waals surface area contributed by atoms with Crippen LogP contribution < -0.4 is 4.90 Å². The van der Waals surface area contributed by atoms with E-state index in [1.807, 2.05) is 0 Å². The smallest absolute Gasteiger partial charge is 0.0783 e. The Morgan fingerprint density at radius 2 is 2.00 bits per heavy atom. The number of benzene rings is 1. The van der Waals surface area contributed by atoms with Gasteiger partial charge in [-0.3, -0.25) is 0 Å². The maximum Gasteiger partial charge on any atom is 0.0783 e. The van der Waals surface area contributed by atoms with E-state index < -0.39 is 0 Å². The summed E-state index contributed by atoms with van der Waals surface area (Å²) in [6.45, 7) is 9.43. The zero-order valence-corrected chi connectivity index (χ0v) is 10.6. The SMILES string of the molecule is Cc1ccc(C)c(N2CCC(O)C2(C)C)c1. The van der Waals surface area contributed by atoms with E-state index in [4.69, 9.17) is 0 Å². The van der Waals surface area contributed by atoms with Crippen molar-refractivity contribution >= 4 is 5.69 Å². The molecule has 1 aliphatic heterocycles. The number of aryl methyl sites for hydroxylation is 2. The van der Waals surface area contributed by atoms with Gasteiger partial charge in [0.2, 0.25) is 0 Å². The normalized spacial score (nSPS) is 23.8. The third kappa shape index (κ3) is 1.71. The molecule has 1 heterocycles. The molecule has 2 rings (SSSR count). The summed E-state index contributed by atoms with van der Waals surface area (Å²) in [5.41, 5.74) is 3.67. The van der Waals surface area contributed by atoms with Gasteiger partial charge < -0.3 is 10.0 Å². The molecule has 1 saturated heterocycles. The number of nitrogens with zero attached hydrogens (tertiary/aromatic N) is 1. The van der Waals surface area contributed by atoms with Gasteiger partial charge in [-0.2, -0.15) is 0 Å². The van der Waals surface area contributed by atoms with Crippen LogP contribution in [0.5, 0.6) is 0 Å². The zero-order chi connectivity index (χ0) is 11.9. The van der Waals surface area contributed by atoms with Crippen molar-refractivity contribution < 1.29 is 5.11 Å². The van der Waals surface area contributed by atoms with E-state index in [1.165, 1.54) is 16.8 Å². The summed E-state index contributed by atoms with van der Waals surface area (Å²) < 4.78 is 0. The van der Waals surface area contributed by atoms with Gasteiger partial charge in [0.1, 0.15) is 0 Å². The highest BCUT2D eigenvalue weighted by molar-refractivity contribution is 5.58. The largest absolute Gasteiger partial charge is 0.391 e. The summed E-state index contributed by atoms with van der Waals surface area (Å²) in [5.74, 6) is 0. The van der Waals surface area contributed by atoms with E-state index in [-0.39, 0.29) is 11.6 Å². The Bertz CT molecular complexity index is 398. The monoisotopic (exact) mass is 219 g/mol. The zero-order valence-electron chi connectivity index (χ0n) is 10.6. The first-order chi connectivity index (χ1) is 7.43. The number of hydrogen-bond donors (Lipinski definition) is 1. The van der Waals surface area contributed by atoms with Crippen LogP contribution in [-0.2, 0) is 0 Å². The van der Waals surface area contributed by atoms with E-state index in [0.29, 0.717) is 0 Å². The van der Waals surface area contributed by atoms with Crippen LogP contribution in [0.25, 0.3) is 0 Å². The van der Waals surface area contributed by atoms with Crippen molar-refractivity contribution in [2.24, 2.45) is 0 Å². The molecule has 0 bridgehead atoms. The number of aliphatic hydroxyl groups excluding tert-OH is 1. The summed E-state index contributed by atoms with van der Waals surface area (Å²) in [6.07, 6.45) is 0.632. The van der Waals surface area contributed by atoms with Crippen molar-refractivity contribution in [3.63, 3.8) is 0 Å². The first-order valence-electron chi connectivity index (χ1n) is 5.96. The second-order valence-electron chi connectivity index (χ2n) is 5.40. The van der Waals surface area contributed by atoms with Crippen LogP contribution >= 0.6 is 0 Å². The number of anilines is 1. The van der Waals surface area contributed by atoms with Crippen LogP contribution in [-0.4, -0.2) is 23.3 Å². The van der Waals surface area contributed by atoms with E-state index in [0.717, 1.165) is 13.0 Å². The Labute approximate surface area is 97.9 Å². The minimum absolute atomic E-state index is 0.154. The summed E-state index contributed by atoms with van der Waals surface area (Å²) in [7, 11) is 0. The second kappa shape index (κ2) is 3.77. The fourth-order valence-corrected chi connectivity index (χ4v) is 2.51. The predicted molar refractivity (Wildman–Crippen MR) is 68.0 cm³/mol. The highest BCUT2D eigenvalue weighted by Crippen LogP contribution is 2.35. The van der Waals surface area contributed by atoms with Crippen molar-refractivity contribution in [3.8, 4) is 0 Å². The van der Waals surface area contributed by atoms with E-state index in [1.54, 1.807) is 0 Å². The van der Waals surface area contributed by atoms with Gasteiger partial charge in [0, 0.05) is 12.2 Å². The Kier molecular flexibility index (Phi) is 2.70. The van der Waals surface area contributed by atoms with Crippen molar-refractivity contribution in [2.45, 2.75) is 45.8 Å². The molecule has 0 aliphatic carbocycles. The lowest BCUT2D eigenvalue weighted by Crippen LogP contribution is -2.45. The van der Waals surface area contributed by atoms with Gasteiger partial charge in [-0.15, -0.1) is 0 Å². The maximum absolute atomic E-state index is 10.0. The minimum Gasteiger partial charge on any atom is -0.391 e. The van der Waals surface area contributed by atoms with Gasteiger partial charge in [-0.25, -0.2) is 0 Å². The summed E-state index contributed by atoms with van der Waals surface area (Å²) >= 11 is 0. The first-order valence-corrected chi connectivity index (χ1v) is 5.96. The molecule has 88 valence electrons. The van der Waals surface area contributed by atoms with Crippen LogP contribution in [0.2, 0.25) is 0 Å². The van der Waals surface area contributed by atoms with Gasteiger partial charge in [-0.1, -0.05) is 12.1 Å². The van der Waals surface area contributed by atoms with Crippen molar-refractivity contribution in [1.29, 1.82) is 0 Å². The van der Waals surface area contributed by atoms with Crippen molar-refractivity contribution in [1.82, 2.24) is 0 Å². The van der Waals surface area contributed by atoms with Crippen LogP contribution in [0, 0.1) is 13.8 Å². The molecule has 0 saturated carbocycles. The second-order valence-corrected chi connectivity index (χ2v) is 5.40. The molecular formula is C14H21NO. The van der Waals surface area contributed by atoms with Crippen molar-refractivity contribution in [2.75, 3.05) is 11.4 Å². The lowest BCUT2D eigenvalue weighted by molar-refractivity contribution is 0.127. The average Bonchev–Trinajstić information content (AvgIpc) is 2.47. The summed E-state index contributed by atoms with van der Waals surface area (Å²) in [6, 6.07) is 6.51. The quantitative estimate of drug-likeness (QED) is 0.785. The Balaban J connectivity index is 2.41. The van der Waals surface area contributed by atoms with E-state index in [2.05, 4.69) is 50.8 Å². The Morgan fingerprint density at radius 1 is 1.31 bits per heavy atom. The molecule has 0 radical (unpaired) electrons. The lowest BCUT2D eigenvalue weighted by atomic mass is 9.97. The van der Waals surface area contributed by atoms with Gasteiger partial charge in [0.05, 0.1) is 11.6 Å². The fourth-order valence-electron chi connectivity index (χ4n) is 2.51. The van der Waals surface area contributed by atoms with Crippen LogP contribution in [0.15, 0.2) is 18.2 Å². The van der Waals surface area contributed by atoms with Gasteiger partial charge >= 0.3 is 0 Å². The van der Waals surface area contributed by atoms with Gasteiger partial charge in [0.25, 0.3) is 0 Å². The van der Waals surface area contributed by atoms with E-state index in [9.17, 15) is 5.11 Å². The molecule has 2 heteroatoms. The fraction of sp³-hybridized carbons (Fsp3) is 0.571. The number of hydrogen-bond acceptors (Lipinski definition) is 2. The molecule has 0 aromatic heterocycles. The molecule has 0 spiro atoms. The number of aliphatic hydroxyl groups is 1. The van der Waals surface area contributed by atoms with Crippen LogP contribution in [0.3, 0.4) is 0 Å². The van der Waals surface area contributed by atoms with E-state index >= 15 is 0 Å². The third-order valence-electron chi connectivity index (χ3n) is 3.79. The molecular weight excluding hydrogens is 198 g/mol. The Morgan fingerprint density at radius 3 is 2.56 bits per heavy atom.